The number of aliphatic imine (C=N–C) groups is 1. The van der Waals surface area contributed by atoms with E-state index in [9.17, 15) is 9.59 Å². The molecule has 2 aromatic rings. The van der Waals surface area contributed by atoms with E-state index in [-0.39, 0.29) is 24.4 Å². The Morgan fingerprint density at radius 2 is 1.61 bits per heavy atom. The summed E-state index contributed by atoms with van der Waals surface area (Å²) < 4.78 is 7.77. The van der Waals surface area contributed by atoms with Crippen molar-refractivity contribution in [2.45, 2.75) is 117 Å². The van der Waals surface area contributed by atoms with Gasteiger partial charge in [-0.25, -0.2) is 4.98 Å². The Bertz CT molecular complexity index is 1340. The first-order chi connectivity index (χ1) is 23.7. The molecule has 0 spiro atoms. The Morgan fingerprint density at radius 1 is 0.980 bits per heavy atom. The molecule has 1 amide bonds. The molecule has 272 valence electrons. The lowest BCUT2D eigenvalue weighted by molar-refractivity contribution is -0.148. The lowest BCUT2D eigenvalue weighted by Crippen LogP contribution is -2.45. The molecule has 1 aromatic carbocycles. The molecule has 1 aliphatic heterocycles. The van der Waals surface area contributed by atoms with E-state index in [2.05, 4.69) is 34.4 Å². The minimum Gasteiger partial charge on any atom is -0.465 e. The number of carbonyl (C=O) groups excluding carboxylic acids is 2. The van der Waals surface area contributed by atoms with E-state index in [1.54, 1.807) is 29.6 Å². The molecule has 11 heteroatoms. The minimum absolute atomic E-state index is 0.0885. The Labute approximate surface area is 304 Å². The third-order valence-corrected chi connectivity index (χ3v) is 9.82. The lowest BCUT2D eigenvalue weighted by Gasteiger charge is -2.30. The SMILES string of the molecule is CCCCCCCC/C=C\CCCCCCCC(=O)OCC(Cc1cncn1C)C(CC)C(=O)N1CCN=C1Nc1c(Cl)cc(N)cc1Cl. The van der Waals surface area contributed by atoms with Crippen molar-refractivity contribution in [2.75, 3.05) is 30.7 Å². The highest BCUT2D eigenvalue weighted by Gasteiger charge is 2.35. The molecule has 0 radical (unpaired) electrons. The summed E-state index contributed by atoms with van der Waals surface area (Å²) in [5, 5.41) is 3.83. The highest BCUT2D eigenvalue weighted by atomic mass is 35.5. The van der Waals surface area contributed by atoms with E-state index in [4.69, 9.17) is 33.7 Å². The van der Waals surface area contributed by atoms with Crippen LogP contribution in [0, 0.1) is 11.8 Å². The third-order valence-electron chi connectivity index (χ3n) is 9.22. The number of nitrogens with zero attached hydrogens (tertiary/aromatic N) is 4. The quantitative estimate of drug-likeness (QED) is 0.0513. The van der Waals surface area contributed by atoms with Gasteiger partial charge in [-0.3, -0.25) is 19.5 Å². The van der Waals surface area contributed by atoms with Crippen LogP contribution in [0.4, 0.5) is 11.4 Å². The van der Waals surface area contributed by atoms with Crippen LogP contribution in [-0.2, 0) is 27.8 Å². The number of nitrogens with two attached hydrogens (primary N) is 1. The predicted octanol–water partition coefficient (Wildman–Crippen LogP) is 9.39. The van der Waals surface area contributed by atoms with Gasteiger partial charge in [-0.15, -0.1) is 0 Å². The number of anilines is 2. The third kappa shape index (κ3) is 14.0. The molecule has 2 heterocycles. The molecule has 0 fully saturated rings. The summed E-state index contributed by atoms with van der Waals surface area (Å²) in [7, 11) is 1.93. The lowest BCUT2D eigenvalue weighted by atomic mass is 9.85. The molecule has 3 rings (SSSR count). The van der Waals surface area contributed by atoms with E-state index >= 15 is 0 Å². The number of hydrogen-bond acceptors (Lipinski definition) is 7. The van der Waals surface area contributed by atoms with Crippen LogP contribution >= 0.6 is 23.2 Å². The summed E-state index contributed by atoms with van der Waals surface area (Å²) in [4.78, 5) is 37.3. The van der Waals surface area contributed by atoms with E-state index in [0.717, 1.165) is 31.4 Å². The van der Waals surface area contributed by atoms with Gasteiger partial charge in [-0.2, -0.15) is 0 Å². The molecule has 1 aliphatic rings. The van der Waals surface area contributed by atoms with E-state index in [0.29, 0.717) is 59.7 Å². The maximum Gasteiger partial charge on any atom is 0.305 e. The second-order valence-corrected chi connectivity index (χ2v) is 14.0. The van der Waals surface area contributed by atoms with Gasteiger partial charge < -0.3 is 20.4 Å². The molecular formula is C38H58Cl2N6O3. The Kier molecular flexibility index (Phi) is 18.7. The summed E-state index contributed by atoms with van der Waals surface area (Å²) in [6, 6.07) is 3.20. The maximum atomic E-state index is 14.1. The fourth-order valence-electron chi connectivity index (χ4n) is 6.28. The molecule has 9 nitrogen and oxygen atoms in total. The standard InChI is InChI=1S/C38H58Cl2N6O3/c1-4-6-7-8-9-10-11-12-13-14-15-16-17-18-19-20-35(47)49-27-29(23-31-26-42-28-45(31)3)32(5-2)37(48)46-22-21-43-38(46)44-36-33(39)24-30(41)25-34(36)40/h12-13,24-26,28-29,32H,4-11,14-23,27,41H2,1-3H3,(H,43,44)/b13-12-. The average molecular weight is 718 g/mol. The van der Waals surface area contributed by atoms with Gasteiger partial charge in [0.25, 0.3) is 0 Å². The number of nitrogen functional groups attached to an aromatic ring is 1. The van der Waals surface area contributed by atoms with Crippen molar-refractivity contribution in [3.63, 3.8) is 0 Å². The first kappa shape index (κ1) is 40.4. The van der Waals surface area contributed by atoms with Crippen LogP contribution in [0.3, 0.4) is 0 Å². The number of carbonyl (C=O) groups is 2. The van der Waals surface area contributed by atoms with Crippen molar-refractivity contribution in [3.05, 3.63) is 52.5 Å². The number of imidazole rings is 1. The number of guanidine groups is 1. The molecule has 49 heavy (non-hydrogen) atoms. The van der Waals surface area contributed by atoms with E-state index in [1.165, 1.54) is 57.8 Å². The van der Waals surface area contributed by atoms with Crippen LogP contribution in [0.2, 0.25) is 10.0 Å². The normalized spacial score (nSPS) is 14.3. The van der Waals surface area contributed by atoms with E-state index in [1.807, 2.05) is 18.5 Å². The van der Waals surface area contributed by atoms with Crippen LogP contribution in [0.25, 0.3) is 0 Å². The predicted molar refractivity (Wildman–Crippen MR) is 203 cm³/mol. The van der Waals surface area contributed by atoms with Gasteiger partial charge in [0, 0.05) is 49.4 Å². The molecule has 3 N–H and O–H groups in total. The largest absolute Gasteiger partial charge is 0.465 e. The van der Waals surface area contributed by atoms with Gasteiger partial charge in [-0.05, 0) is 57.1 Å². The van der Waals surface area contributed by atoms with Gasteiger partial charge >= 0.3 is 5.97 Å². The van der Waals surface area contributed by atoms with Crippen LogP contribution < -0.4 is 11.1 Å². The van der Waals surface area contributed by atoms with Crippen LogP contribution in [0.5, 0.6) is 0 Å². The fourth-order valence-corrected chi connectivity index (χ4v) is 6.88. The molecule has 2 atom stereocenters. The molecule has 0 saturated carbocycles. The van der Waals surface area contributed by atoms with Crippen LogP contribution in [0.1, 0.15) is 116 Å². The van der Waals surface area contributed by atoms with Gasteiger partial charge in [-0.1, -0.05) is 101 Å². The zero-order valence-corrected chi connectivity index (χ0v) is 31.4. The first-order valence-corrected chi connectivity index (χ1v) is 19.1. The number of ether oxygens (including phenoxy) is 1. The molecule has 0 aliphatic carbocycles. The molecule has 0 saturated heterocycles. The monoisotopic (exact) mass is 716 g/mol. The number of nitrogens with one attached hydrogen (secondary N) is 1. The topological polar surface area (TPSA) is 115 Å². The summed E-state index contributed by atoms with van der Waals surface area (Å²) in [6.45, 7) is 5.28. The maximum absolute atomic E-state index is 14.1. The van der Waals surface area contributed by atoms with Crippen molar-refractivity contribution in [1.29, 1.82) is 0 Å². The molecule has 1 aromatic heterocycles. The Hall–Kier alpha value is -3.04. The van der Waals surface area contributed by atoms with Crippen LogP contribution in [-0.4, -0.2) is 52.0 Å². The molecular weight excluding hydrogens is 659 g/mol. The number of hydrogen-bond donors (Lipinski definition) is 2. The summed E-state index contributed by atoms with van der Waals surface area (Å²) >= 11 is 12.8. The number of esters is 1. The number of aryl methyl sites for hydroxylation is 1. The number of halogens is 2. The Balaban J connectivity index is 1.46. The number of amides is 1. The molecule has 0 bridgehead atoms. The minimum atomic E-state index is -0.412. The second kappa shape index (κ2) is 22.6. The smallest absolute Gasteiger partial charge is 0.305 e. The van der Waals surface area contributed by atoms with Gasteiger partial charge in [0.15, 0.2) is 0 Å². The van der Waals surface area contributed by atoms with Gasteiger partial charge in [0.2, 0.25) is 11.9 Å². The first-order valence-electron chi connectivity index (χ1n) is 18.4. The fraction of sp³-hybridized carbons (Fsp3) is 0.632. The van der Waals surface area contributed by atoms with Crippen molar-refractivity contribution in [1.82, 2.24) is 14.5 Å². The number of rotatable bonds is 23. The highest BCUT2D eigenvalue weighted by Crippen LogP contribution is 2.34. The van der Waals surface area contributed by atoms with Crippen molar-refractivity contribution in [2.24, 2.45) is 23.9 Å². The van der Waals surface area contributed by atoms with Gasteiger partial charge in [0.1, 0.15) is 0 Å². The second-order valence-electron chi connectivity index (χ2n) is 13.2. The van der Waals surface area contributed by atoms with E-state index < -0.39 is 5.92 Å². The Morgan fingerprint density at radius 3 is 2.22 bits per heavy atom. The average Bonchev–Trinajstić information content (AvgIpc) is 3.71. The zero-order chi connectivity index (χ0) is 35.4. The van der Waals surface area contributed by atoms with Crippen molar-refractivity contribution >= 4 is 52.4 Å². The summed E-state index contributed by atoms with van der Waals surface area (Å²) in [6.07, 6.45) is 25.4. The summed E-state index contributed by atoms with van der Waals surface area (Å²) in [5.74, 6) is -0.568. The number of allylic oxidation sites excluding steroid dienone is 2. The number of unbranched alkanes of at least 4 members (excludes halogenated alkanes) is 11. The summed E-state index contributed by atoms with van der Waals surface area (Å²) in [5.41, 5.74) is 7.72. The molecule has 2 unspecified atom stereocenters. The van der Waals surface area contributed by atoms with Crippen molar-refractivity contribution < 1.29 is 14.3 Å². The zero-order valence-electron chi connectivity index (χ0n) is 29.9. The number of aromatic nitrogens is 2. The van der Waals surface area contributed by atoms with Crippen molar-refractivity contribution in [3.8, 4) is 0 Å². The number of benzene rings is 1. The highest BCUT2D eigenvalue weighted by molar-refractivity contribution is 6.40. The van der Waals surface area contributed by atoms with Gasteiger partial charge in [0.05, 0.1) is 35.2 Å². The van der Waals surface area contributed by atoms with Crippen LogP contribution in [0.15, 0.2) is 41.8 Å².